The number of hydrogen-bond donors (Lipinski definition) is 2. The number of benzene rings is 4. The molecule has 0 aromatic heterocycles. The minimum atomic E-state index is -4.13. The number of imide groups is 1. The Morgan fingerprint density at radius 3 is 2.23 bits per heavy atom. The molecular formula is C30H19Cl2N3O6S2. The molecule has 0 spiro atoms. The second-order valence-corrected chi connectivity index (χ2v) is 12.9. The highest BCUT2D eigenvalue weighted by Crippen LogP contribution is 2.44. The number of halogens is 2. The zero-order chi connectivity index (χ0) is 30.3. The fraction of sp³-hybridized carbons (Fsp3) is 0.0333. The fourth-order valence-corrected chi connectivity index (χ4v) is 6.76. The van der Waals surface area contributed by atoms with E-state index in [1.54, 1.807) is 54.6 Å². The average Bonchev–Trinajstić information content (AvgIpc) is 3.45. The van der Waals surface area contributed by atoms with Crippen molar-refractivity contribution in [3.8, 4) is 11.5 Å². The Bertz CT molecular complexity index is 1950. The molecule has 6 rings (SSSR count). The Kier molecular flexibility index (Phi) is 7.65. The summed E-state index contributed by atoms with van der Waals surface area (Å²) in [6.07, 6.45) is 0. The van der Waals surface area contributed by atoms with Gasteiger partial charge in [-0.2, -0.15) is 0 Å². The SMILES string of the molecule is O=C1NC(=O)/C(=C2\C(=O)N(Cc3ccc(Cl)c(Cl)c3)c3ccc(S(=O)(=O)Nc4ccc(Oc5ccccc5)cc4)cc32)S1. The van der Waals surface area contributed by atoms with E-state index < -0.39 is 27.1 Å². The summed E-state index contributed by atoms with van der Waals surface area (Å²) in [5.41, 5.74) is 1.44. The number of carbonyl (C=O) groups excluding carboxylic acids is 3. The second kappa shape index (κ2) is 11.4. The lowest BCUT2D eigenvalue weighted by Crippen LogP contribution is -2.26. The van der Waals surface area contributed by atoms with Gasteiger partial charge in [0.2, 0.25) is 0 Å². The first-order valence-electron chi connectivity index (χ1n) is 12.6. The van der Waals surface area contributed by atoms with Crippen LogP contribution in [0.4, 0.5) is 16.2 Å². The third kappa shape index (κ3) is 5.84. The molecule has 0 aliphatic carbocycles. The van der Waals surface area contributed by atoms with Crippen LogP contribution in [-0.4, -0.2) is 25.5 Å². The van der Waals surface area contributed by atoms with Crippen LogP contribution < -0.4 is 19.7 Å². The third-order valence-corrected chi connectivity index (χ3v) is 9.55. The van der Waals surface area contributed by atoms with Crippen LogP contribution in [0.3, 0.4) is 0 Å². The first kappa shape index (κ1) is 28.8. The van der Waals surface area contributed by atoms with E-state index in [4.69, 9.17) is 27.9 Å². The standard InChI is InChI=1S/C30H19Cl2N3O6S2/c31-23-12-6-17(14-24(23)32)16-35-25-13-11-21(15-22(25)26(29(35)37)27-28(36)33-30(38)42-27)43(39,40)34-18-7-9-20(10-8-18)41-19-4-2-1-3-5-19/h1-15,34H,16H2,(H,33,36,38)/b27-26+. The number of rotatable bonds is 7. The van der Waals surface area contributed by atoms with Crippen LogP contribution in [0.5, 0.6) is 11.5 Å². The van der Waals surface area contributed by atoms with Gasteiger partial charge in [0.05, 0.1) is 37.7 Å². The molecule has 3 amide bonds. The molecule has 4 aromatic rings. The molecule has 0 unspecified atom stereocenters. The lowest BCUT2D eigenvalue weighted by Gasteiger charge is -2.18. The highest BCUT2D eigenvalue weighted by Gasteiger charge is 2.40. The molecule has 4 aromatic carbocycles. The number of amides is 3. The summed E-state index contributed by atoms with van der Waals surface area (Å²) < 4.78 is 35.1. The molecule has 43 heavy (non-hydrogen) atoms. The number of sulfonamides is 1. The van der Waals surface area contributed by atoms with Gasteiger partial charge in [-0.05, 0) is 84.1 Å². The van der Waals surface area contributed by atoms with E-state index in [0.717, 1.165) is 0 Å². The Morgan fingerprint density at radius 2 is 1.56 bits per heavy atom. The number of fused-ring (bicyclic) bond motifs is 1. The maximum Gasteiger partial charge on any atom is 0.290 e. The van der Waals surface area contributed by atoms with Crippen molar-refractivity contribution in [3.05, 3.63) is 117 Å². The molecule has 2 N–H and O–H groups in total. The minimum absolute atomic E-state index is 0.0570. The summed E-state index contributed by atoms with van der Waals surface area (Å²) in [6, 6.07) is 24.6. The Hall–Kier alpha value is -4.29. The molecule has 1 saturated heterocycles. The van der Waals surface area contributed by atoms with Crippen molar-refractivity contribution in [2.45, 2.75) is 11.4 Å². The van der Waals surface area contributed by atoms with Crippen molar-refractivity contribution < 1.29 is 27.5 Å². The molecule has 0 atom stereocenters. The zero-order valence-corrected chi connectivity index (χ0v) is 25.0. The number of para-hydroxylation sites is 1. The van der Waals surface area contributed by atoms with Gasteiger partial charge < -0.3 is 9.64 Å². The van der Waals surface area contributed by atoms with Crippen LogP contribution in [-0.2, 0) is 26.2 Å². The number of hydrogen-bond acceptors (Lipinski definition) is 7. The smallest absolute Gasteiger partial charge is 0.290 e. The van der Waals surface area contributed by atoms with Crippen molar-refractivity contribution in [2.75, 3.05) is 9.62 Å². The molecule has 2 aliphatic heterocycles. The van der Waals surface area contributed by atoms with Crippen LogP contribution in [0.2, 0.25) is 10.0 Å². The molecule has 0 bridgehead atoms. The van der Waals surface area contributed by atoms with Crippen molar-refractivity contribution >= 4 is 79.0 Å². The van der Waals surface area contributed by atoms with E-state index in [9.17, 15) is 22.8 Å². The van der Waals surface area contributed by atoms with Gasteiger partial charge in [0.1, 0.15) is 11.5 Å². The van der Waals surface area contributed by atoms with Gasteiger partial charge in [-0.25, -0.2) is 8.42 Å². The van der Waals surface area contributed by atoms with Crippen LogP contribution in [0.25, 0.3) is 5.57 Å². The van der Waals surface area contributed by atoms with Crippen molar-refractivity contribution in [3.63, 3.8) is 0 Å². The summed E-state index contributed by atoms with van der Waals surface area (Å²) in [6.45, 7) is 0.0570. The number of carbonyl (C=O) groups is 3. The van der Waals surface area contributed by atoms with E-state index in [1.165, 1.54) is 23.1 Å². The summed E-state index contributed by atoms with van der Waals surface area (Å²) in [7, 11) is -4.13. The summed E-state index contributed by atoms with van der Waals surface area (Å²) in [5.74, 6) is -0.141. The molecule has 2 aliphatic rings. The Labute approximate surface area is 260 Å². The van der Waals surface area contributed by atoms with E-state index in [-0.39, 0.29) is 33.2 Å². The molecule has 0 saturated carbocycles. The molecular weight excluding hydrogens is 633 g/mol. The van der Waals surface area contributed by atoms with E-state index >= 15 is 0 Å². The van der Waals surface area contributed by atoms with Crippen LogP contribution in [0.1, 0.15) is 11.1 Å². The number of anilines is 2. The maximum atomic E-state index is 13.7. The number of ether oxygens (including phenoxy) is 1. The number of nitrogens with zero attached hydrogens (tertiary/aromatic N) is 1. The molecule has 0 radical (unpaired) electrons. The Balaban J connectivity index is 1.33. The van der Waals surface area contributed by atoms with E-state index in [0.29, 0.717) is 44.6 Å². The molecule has 2 heterocycles. The summed E-state index contributed by atoms with van der Waals surface area (Å²) in [5, 5.41) is 2.17. The minimum Gasteiger partial charge on any atom is -0.457 e. The topological polar surface area (TPSA) is 122 Å². The molecule has 216 valence electrons. The van der Waals surface area contributed by atoms with Crippen LogP contribution in [0, 0.1) is 0 Å². The van der Waals surface area contributed by atoms with E-state index in [1.807, 2.05) is 18.2 Å². The highest BCUT2D eigenvalue weighted by molar-refractivity contribution is 8.18. The fourth-order valence-electron chi connectivity index (χ4n) is 4.58. The van der Waals surface area contributed by atoms with Crippen molar-refractivity contribution in [1.82, 2.24) is 5.32 Å². The first-order valence-corrected chi connectivity index (χ1v) is 15.7. The van der Waals surface area contributed by atoms with Gasteiger partial charge in [0.15, 0.2) is 0 Å². The quantitative estimate of drug-likeness (QED) is 0.210. The predicted octanol–water partition coefficient (Wildman–Crippen LogP) is 6.83. The monoisotopic (exact) mass is 651 g/mol. The van der Waals surface area contributed by atoms with Gasteiger partial charge in [0.25, 0.3) is 27.1 Å². The van der Waals surface area contributed by atoms with E-state index in [2.05, 4.69) is 10.0 Å². The van der Waals surface area contributed by atoms with Crippen LogP contribution in [0.15, 0.2) is 101 Å². The summed E-state index contributed by atoms with van der Waals surface area (Å²) >= 11 is 12.8. The highest BCUT2D eigenvalue weighted by atomic mass is 35.5. The zero-order valence-electron chi connectivity index (χ0n) is 21.8. The lowest BCUT2D eigenvalue weighted by atomic mass is 10.1. The number of nitrogens with one attached hydrogen (secondary N) is 2. The lowest BCUT2D eigenvalue weighted by molar-refractivity contribution is -0.116. The van der Waals surface area contributed by atoms with Gasteiger partial charge >= 0.3 is 0 Å². The molecule has 9 nitrogen and oxygen atoms in total. The molecule has 13 heteroatoms. The number of thioether (sulfide) groups is 1. The van der Waals surface area contributed by atoms with Crippen molar-refractivity contribution in [1.29, 1.82) is 0 Å². The van der Waals surface area contributed by atoms with Crippen LogP contribution >= 0.6 is 35.0 Å². The van der Waals surface area contributed by atoms with Crippen molar-refractivity contribution in [2.24, 2.45) is 0 Å². The van der Waals surface area contributed by atoms with Gasteiger partial charge in [0, 0.05) is 11.3 Å². The van der Waals surface area contributed by atoms with Gasteiger partial charge in [-0.3, -0.25) is 24.4 Å². The maximum absolute atomic E-state index is 13.7. The van der Waals surface area contributed by atoms with Gasteiger partial charge in [-0.1, -0.05) is 47.5 Å². The first-order chi connectivity index (χ1) is 20.6. The largest absolute Gasteiger partial charge is 0.457 e. The molecule has 1 fully saturated rings. The second-order valence-electron chi connectivity index (χ2n) is 9.41. The van der Waals surface area contributed by atoms with Gasteiger partial charge in [-0.15, -0.1) is 0 Å². The average molecular weight is 653 g/mol. The third-order valence-electron chi connectivity index (χ3n) is 6.55. The normalized spacial score (nSPS) is 16.3. The summed E-state index contributed by atoms with van der Waals surface area (Å²) in [4.78, 5) is 39.4. The Morgan fingerprint density at radius 1 is 0.837 bits per heavy atom. The predicted molar refractivity (Wildman–Crippen MR) is 166 cm³/mol.